The third-order valence-electron chi connectivity index (χ3n) is 5.24. The average Bonchev–Trinajstić information content (AvgIpc) is 3.10. The van der Waals surface area contributed by atoms with E-state index in [1.54, 1.807) is 29.2 Å². The van der Waals surface area contributed by atoms with E-state index in [-0.39, 0.29) is 11.0 Å². The Morgan fingerprint density at radius 1 is 1.10 bits per heavy atom. The summed E-state index contributed by atoms with van der Waals surface area (Å²) in [5.74, 6) is 0.391. The fraction of sp³-hybridized carbons (Fsp3) is 0.650. The maximum Gasteiger partial charge on any atom is 0.410 e. The van der Waals surface area contributed by atoms with Gasteiger partial charge in [0, 0.05) is 50.8 Å². The lowest BCUT2D eigenvalue weighted by Crippen LogP contribution is -2.49. The molecule has 2 fully saturated rings. The maximum atomic E-state index is 12.8. The predicted octanol–water partition coefficient (Wildman–Crippen LogP) is 2.90. The fourth-order valence-corrected chi connectivity index (χ4v) is 5.30. The van der Waals surface area contributed by atoms with Gasteiger partial charge in [-0.15, -0.1) is 0 Å². The maximum absolute atomic E-state index is 12.8. The Hall–Kier alpha value is -1.35. The van der Waals surface area contributed by atoms with E-state index in [2.05, 4.69) is 4.90 Å². The lowest BCUT2D eigenvalue weighted by atomic mass is 10.1. The number of hydrogen-bond donors (Lipinski definition) is 0. The van der Waals surface area contributed by atoms with Gasteiger partial charge in [0.2, 0.25) is 10.0 Å². The van der Waals surface area contributed by atoms with Gasteiger partial charge in [0.15, 0.2) is 0 Å². The van der Waals surface area contributed by atoms with Gasteiger partial charge in [0.25, 0.3) is 0 Å². The monoisotopic (exact) mass is 443 g/mol. The van der Waals surface area contributed by atoms with Crippen LogP contribution in [-0.2, 0) is 14.8 Å². The Morgan fingerprint density at radius 3 is 2.31 bits per heavy atom. The Kier molecular flexibility index (Phi) is 6.77. The van der Waals surface area contributed by atoms with Gasteiger partial charge in [-0.25, -0.2) is 13.2 Å². The summed E-state index contributed by atoms with van der Waals surface area (Å²) >= 11 is 5.86. The number of carbonyl (C=O) groups excluding carboxylic acids is 1. The summed E-state index contributed by atoms with van der Waals surface area (Å²) in [7, 11) is -3.49. The van der Waals surface area contributed by atoms with Crippen LogP contribution < -0.4 is 0 Å². The van der Waals surface area contributed by atoms with Crippen molar-refractivity contribution in [2.75, 3.05) is 45.8 Å². The molecule has 0 spiro atoms. The molecule has 2 heterocycles. The highest BCUT2D eigenvalue weighted by Crippen LogP contribution is 2.23. The van der Waals surface area contributed by atoms with E-state index in [4.69, 9.17) is 16.3 Å². The minimum Gasteiger partial charge on any atom is -0.444 e. The molecule has 2 aliphatic rings. The van der Waals surface area contributed by atoms with Crippen LogP contribution in [0.15, 0.2) is 29.2 Å². The van der Waals surface area contributed by atoms with E-state index >= 15 is 0 Å². The molecule has 7 nitrogen and oxygen atoms in total. The summed E-state index contributed by atoms with van der Waals surface area (Å²) in [6.45, 7) is 10.2. The topological polar surface area (TPSA) is 70.2 Å². The zero-order valence-electron chi connectivity index (χ0n) is 17.3. The lowest BCUT2D eigenvalue weighted by Gasteiger charge is -2.35. The Labute approximate surface area is 178 Å². The normalized spacial score (nSPS) is 22.1. The third-order valence-corrected chi connectivity index (χ3v) is 7.40. The van der Waals surface area contributed by atoms with Crippen LogP contribution in [0.4, 0.5) is 4.79 Å². The Balaban J connectivity index is 1.48. The second kappa shape index (κ2) is 8.79. The molecule has 0 N–H and O–H groups in total. The molecule has 1 aromatic carbocycles. The van der Waals surface area contributed by atoms with Crippen LogP contribution in [-0.4, -0.2) is 80.0 Å². The van der Waals surface area contributed by atoms with Gasteiger partial charge in [-0.2, -0.15) is 4.31 Å². The van der Waals surface area contributed by atoms with E-state index in [0.29, 0.717) is 50.2 Å². The van der Waals surface area contributed by atoms with E-state index in [0.717, 1.165) is 13.0 Å². The summed E-state index contributed by atoms with van der Waals surface area (Å²) in [4.78, 5) is 16.6. The van der Waals surface area contributed by atoms with Crippen molar-refractivity contribution in [3.8, 4) is 0 Å². The van der Waals surface area contributed by atoms with Crippen molar-refractivity contribution in [1.29, 1.82) is 0 Å². The van der Waals surface area contributed by atoms with Crippen molar-refractivity contribution >= 4 is 27.7 Å². The molecule has 0 bridgehead atoms. The average molecular weight is 444 g/mol. The van der Waals surface area contributed by atoms with Crippen LogP contribution in [0.25, 0.3) is 0 Å². The van der Waals surface area contributed by atoms with Crippen molar-refractivity contribution in [3.63, 3.8) is 0 Å². The number of likely N-dealkylation sites (tertiary alicyclic amines) is 1. The molecule has 0 aromatic heterocycles. The fourth-order valence-electron chi connectivity index (χ4n) is 3.75. The number of amides is 1. The van der Waals surface area contributed by atoms with Gasteiger partial charge in [0.05, 0.1) is 4.90 Å². The van der Waals surface area contributed by atoms with Gasteiger partial charge in [0.1, 0.15) is 5.60 Å². The highest BCUT2D eigenvalue weighted by atomic mass is 35.5. The molecule has 2 aliphatic heterocycles. The van der Waals surface area contributed by atoms with Crippen LogP contribution in [0.1, 0.15) is 27.2 Å². The van der Waals surface area contributed by atoms with Gasteiger partial charge >= 0.3 is 6.09 Å². The summed E-state index contributed by atoms with van der Waals surface area (Å²) in [5, 5.41) is 0.519. The molecule has 0 aliphatic carbocycles. The third kappa shape index (κ3) is 5.84. The molecule has 29 heavy (non-hydrogen) atoms. The zero-order chi connectivity index (χ0) is 21.2. The first-order valence-electron chi connectivity index (χ1n) is 10.0. The number of rotatable bonds is 4. The second-order valence-corrected chi connectivity index (χ2v) is 11.1. The molecule has 162 valence electrons. The minimum atomic E-state index is -3.49. The van der Waals surface area contributed by atoms with Gasteiger partial charge in [-0.1, -0.05) is 11.6 Å². The minimum absolute atomic E-state index is 0.251. The molecular formula is C20H30ClN3O4S. The quantitative estimate of drug-likeness (QED) is 0.715. The predicted molar refractivity (Wildman–Crippen MR) is 113 cm³/mol. The van der Waals surface area contributed by atoms with Gasteiger partial charge < -0.3 is 14.5 Å². The van der Waals surface area contributed by atoms with Crippen LogP contribution in [0.5, 0.6) is 0 Å². The first kappa shape index (κ1) is 22.3. The Morgan fingerprint density at radius 2 is 1.72 bits per heavy atom. The SMILES string of the molecule is CC(C)(C)OC(=O)N1CC[C@@H](CN2CCN(S(=O)(=O)c3ccc(Cl)cc3)CC2)C1. The van der Waals surface area contributed by atoms with Crippen molar-refractivity contribution < 1.29 is 17.9 Å². The smallest absolute Gasteiger partial charge is 0.410 e. The highest BCUT2D eigenvalue weighted by molar-refractivity contribution is 7.89. The van der Waals surface area contributed by atoms with Crippen molar-refractivity contribution in [2.24, 2.45) is 5.92 Å². The molecule has 2 saturated heterocycles. The number of sulfonamides is 1. The number of nitrogens with zero attached hydrogens (tertiary/aromatic N) is 3. The number of hydrogen-bond acceptors (Lipinski definition) is 5. The molecule has 3 rings (SSSR count). The van der Waals surface area contributed by atoms with E-state index in [1.807, 2.05) is 20.8 Å². The van der Waals surface area contributed by atoms with Crippen LogP contribution in [0.2, 0.25) is 5.02 Å². The van der Waals surface area contributed by atoms with E-state index in [9.17, 15) is 13.2 Å². The van der Waals surface area contributed by atoms with Crippen molar-refractivity contribution in [3.05, 3.63) is 29.3 Å². The molecule has 0 radical (unpaired) electrons. The first-order chi connectivity index (χ1) is 13.5. The molecule has 9 heteroatoms. The van der Waals surface area contributed by atoms with Crippen LogP contribution in [0, 0.1) is 5.92 Å². The standard InChI is InChI=1S/C20H30ClN3O4S/c1-20(2,3)28-19(25)23-9-8-16(15-23)14-22-10-12-24(13-11-22)29(26,27)18-6-4-17(21)5-7-18/h4-7,16H,8-15H2,1-3H3/t16-/m0/s1. The molecular weight excluding hydrogens is 414 g/mol. The molecule has 0 unspecified atom stereocenters. The summed E-state index contributed by atoms with van der Waals surface area (Å²) in [6, 6.07) is 6.30. The largest absolute Gasteiger partial charge is 0.444 e. The van der Waals surface area contributed by atoms with E-state index in [1.165, 1.54) is 4.31 Å². The molecule has 0 saturated carbocycles. The first-order valence-corrected chi connectivity index (χ1v) is 11.8. The number of halogens is 1. The zero-order valence-corrected chi connectivity index (χ0v) is 18.9. The number of carbonyl (C=O) groups is 1. The number of ether oxygens (including phenoxy) is 1. The molecule has 1 amide bonds. The van der Waals surface area contributed by atoms with Gasteiger partial charge in [-0.3, -0.25) is 0 Å². The number of piperazine rings is 1. The van der Waals surface area contributed by atoms with Crippen molar-refractivity contribution in [2.45, 2.75) is 37.7 Å². The lowest BCUT2D eigenvalue weighted by molar-refractivity contribution is 0.0284. The Bertz CT molecular complexity index is 815. The summed E-state index contributed by atoms with van der Waals surface area (Å²) in [6.07, 6.45) is 0.696. The molecule has 1 atom stereocenters. The second-order valence-electron chi connectivity index (χ2n) is 8.74. The summed E-state index contributed by atoms with van der Waals surface area (Å²) < 4.78 is 32.6. The van der Waals surface area contributed by atoms with Crippen molar-refractivity contribution in [1.82, 2.24) is 14.1 Å². The van der Waals surface area contributed by atoms with Crippen LogP contribution in [0.3, 0.4) is 0 Å². The highest BCUT2D eigenvalue weighted by Gasteiger charge is 2.33. The molecule has 1 aromatic rings. The summed E-state index contributed by atoms with van der Waals surface area (Å²) in [5.41, 5.74) is -0.485. The number of benzene rings is 1. The van der Waals surface area contributed by atoms with E-state index < -0.39 is 15.6 Å². The van der Waals surface area contributed by atoms with Crippen LogP contribution >= 0.6 is 11.6 Å². The van der Waals surface area contributed by atoms with Gasteiger partial charge in [-0.05, 0) is 57.4 Å².